The Kier molecular flexibility index (Phi) is 3.60. The van der Waals surface area contributed by atoms with Crippen molar-refractivity contribution in [3.05, 3.63) is 59.9 Å². The van der Waals surface area contributed by atoms with Crippen LogP contribution in [0.3, 0.4) is 0 Å². The van der Waals surface area contributed by atoms with Crippen LogP contribution in [-0.2, 0) is 6.42 Å². The molecule has 0 saturated heterocycles. The van der Waals surface area contributed by atoms with E-state index in [1.165, 1.54) is 11.6 Å². The van der Waals surface area contributed by atoms with E-state index in [0.29, 0.717) is 12.3 Å². The van der Waals surface area contributed by atoms with Gasteiger partial charge in [-0.1, -0.05) is 30.3 Å². The van der Waals surface area contributed by atoms with Crippen molar-refractivity contribution in [2.24, 2.45) is 0 Å². The van der Waals surface area contributed by atoms with E-state index in [4.69, 9.17) is 10.5 Å². The highest BCUT2D eigenvalue weighted by molar-refractivity contribution is 5.42. The van der Waals surface area contributed by atoms with Crippen molar-refractivity contribution < 1.29 is 9.13 Å². The van der Waals surface area contributed by atoms with Crippen LogP contribution in [0.25, 0.3) is 0 Å². The normalized spacial score (nSPS) is 10.2. The van der Waals surface area contributed by atoms with Crippen molar-refractivity contribution in [2.45, 2.75) is 6.42 Å². The van der Waals surface area contributed by atoms with Gasteiger partial charge in [-0.3, -0.25) is 0 Å². The molecule has 2 nitrogen and oxygen atoms in total. The summed E-state index contributed by atoms with van der Waals surface area (Å²) in [5.41, 5.74) is 7.02. The van der Waals surface area contributed by atoms with Crippen molar-refractivity contribution in [2.75, 3.05) is 12.3 Å². The van der Waals surface area contributed by atoms with E-state index in [1.807, 2.05) is 30.3 Å². The van der Waals surface area contributed by atoms with Crippen molar-refractivity contribution in [1.29, 1.82) is 0 Å². The fourth-order valence-electron chi connectivity index (χ4n) is 1.56. The van der Waals surface area contributed by atoms with Gasteiger partial charge < -0.3 is 10.5 Å². The van der Waals surface area contributed by atoms with Gasteiger partial charge in [-0.15, -0.1) is 0 Å². The standard InChI is InChI=1S/C14H14FNO/c15-13-10-12(16)6-7-14(13)17-9-8-11-4-2-1-3-5-11/h1-7,10H,8-9,16H2. The molecule has 0 spiro atoms. The van der Waals surface area contributed by atoms with Crippen molar-refractivity contribution >= 4 is 5.69 Å². The van der Waals surface area contributed by atoms with E-state index in [-0.39, 0.29) is 5.75 Å². The summed E-state index contributed by atoms with van der Waals surface area (Å²) < 4.78 is 18.7. The van der Waals surface area contributed by atoms with Crippen LogP contribution in [0.4, 0.5) is 10.1 Å². The molecule has 0 aliphatic heterocycles. The van der Waals surface area contributed by atoms with Gasteiger partial charge in [0.2, 0.25) is 0 Å². The van der Waals surface area contributed by atoms with E-state index in [9.17, 15) is 4.39 Å². The van der Waals surface area contributed by atoms with Gasteiger partial charge in [0.25, 0.3) is 0 Å². The Morgan fingerprint density at radius 1 is 1.06 bits per heavy atom. The molecular formula is C14H14FNO. The number of nitrogens with two attached hydrogens (primary N) is 1. The first-order valence-corrected chi connectivity index (χ1v) is 5.47. The van der Waals surface area contributed by atoms with E-state index in [2.05, 4.69) is 0 Å². The SMILES string of the molecule is Nc1ccc(OCCc2ccccc2)c(F)c1. The van der Waals surface area contributed by atoms with E-state index in [0.717, 1.165) is 6.42 Å². The first kappa shape index (κ1) is 11.5. The zero-order valence-electron chi connectivity index (χ0n) is 9.40. The van der Waals surface area contributed by atoms with Gasteiger partial charge in [0, 0.05) is 18.2 Å². The van der Waals surface area contributed by atoms with E-state index < -0.39 is 5.82 Å². The lowest BCUT2D eigenvalue weighted by atomic mass is 10.2. The van der Waals surface area contributed by atoms with E-state index in [1.54, 1.807) is 12.1 Å². The Balaban J connectivity index is 1.90. The highest BCUT2D eigenvalue weighted by Gasteiger charge is 2.03. The Morgan fingerprint density at radius 2 is 1.82 bits per heavy atom. The van der Waals surface area contributed by atoms with Crippen LogP contribution in [-0.4, -0.2) is 6.61 Å². The third kappa shape index (κ3) is 3.21. The molecule has 3 heteroatoms. The second kappa shape index (κ2) is 5.34. The summed E-state index contributed by atoms with van der Waals surface area (Å²) in [5.74, 6) is -0.173. The lowest BCUT2D eigenvalue weighted by molar-refractivity contribution is 0.305. The first-order valence-electron chi connectivity index (χ1n) is 5.47. The zero-order valence-corrected chi connectivity index (χ0v) is 9.40. The van der Waals surface area contributed by atoms with Crippen LogP contribution in [0.2, 0.25) is 0 Å². The van der Waals surface area contributed by atoms with Gasteiger partial charge in [0.05, 0.1) is 6.61 Å². The maximum Gasteiger partial charge on any atom is 0.167 e. The number of rotatable bonds is 4. The molecule has 0 unspecified atom stereocenters. The molecule has 88 valence electrons. The largest absolute Gasteiger partial charge is 0.490 e. The molecule has 0 radical (unpaired) electrons. The Morgan fingerprint density at radius 3 is 2.53 bits per heavy atom. The summed E-state index contributed by atoms with van der Waals surface area (Å²) in [6.45, 7) is 0.449. The van der Waals surface area contributed by atoms with Crippen LogP contribution in [0.1, 0.15) is 5.56 Å². The van der Waals surface area contributed by atoms with Crippen molar-refractivity contribution in [3.63, 3.8) is 0 Å². The van der Waals surface area contributed by atoms with Crippen molar-refractivity contribution in [1.82, 2.24) is 0 Å². The van der Waals surface area contributed by atoms with Crippen LogP contribution in [0.5, 0.6) is 5.75 Å². The smallest absolute Gasteiger partial charge is 0.167 e. The second-order valence-corrected chi connectivity index (χ2v) is 3.77. The summed E-state index contributed by atoms with van der Waals surface area (Å²) in [7, 11) is 0. The van der Waals surface area contributed by atoms with Gasteiger partial charge in [0.1, 0.15) is 0 Å². The number of halogens is 1. The average Bonchev–Trinajstić information content (AvgIpc) is 2.33. The molecule has 0 atom stereocenters. The number of ether oxygens (including phenoxy) is 1. The summed E-state index contributed by atoms with van der Waals surface area (Å²) in [6, 6.07) is 14.4. The monoisotopic (exact) mass is 231 g/mol. The molecular weight excluding hydrogens is 217 g/mol. The third-order valence-electron chi connectivity index (χ3n) is 2.45. The zero-order chi connectivity index (χ0) is 12.1. The minimum atomic E-state index is -0.418. The van der Waals surface area contributed by atoms with Gasteiger partial charge in [0.15, 0.2) is 11.6 Å². The topological polar surface area (TPSA) is 35.2 Å². The number of hydrogen-bond acceptors (Lipinski definition) is 2. The predicted molar refractivity (Wildman–Crippen MR) is 66.5 cm³/mol. The molecule has 2 aromatic rings. The summed E-state index contributed by atoms with van der Waals surface area (Å²) in [6.07, 6.45) is 0.755. The number of anilines is 1. The van der Waals surface area contributed by atoms with Crippen LogP contribution < -0.4 is 10.5 Å². The Bertz CT molecular complexity index is 485. The minimum Gasteiger partial charge on any atom is -0.490 e. The predicted octanol–water partition coefficient (Wildman–Crippen LogP) is 3.03. The van der Waals surface area contributed by atoms with E-state index >= 15 is 0 Å². The second-order valence-electron chi connectivity index (χ2n) is 3.77. The van der Waals surface area contributed by atoms with Gasteiger partial charge >= 0.3 is 0 Å². The van der Waals surface area contributed by atoms with Crippen LogP contribution >= 0.6 is 0 Å². The minimum absolute atomic E-state index is 0.245. The molecule has 0 aromatic heterocycles. The quantitative estimate of drug-likeness (QED) is 0.821. The lowest BCUT2D eigenvalue weighted by Crippen LogP contribution is -2.03. The highest BCUT2D eigenvalue weighted by Crippen LogP contribution is 2.19. The molecule has 0 fully saturated rings. The first-order chi connectivity index (χ1) is 8.25. The van der Waals surface area contributed by atoms with Crippen LogP contribution in [0.15, 0.2) is 48.5 Å². The van der Waals surface area contributed by atoms with Gasteiger partial charge in [-0.05, 0) is 17.7 Å². The molecule has 17 heavy (non-hydrogen) atoms. The molecule has 0 bridgehead atoms. The molecule has 2 aromatic carbocycles. The molecule has 0 amide bonds. The number of benzene rings is 2. The molecule has 0 saturated carbocycles. The Hall–Kier alpha value is -2.03. The lowest BCUT2D eigenvalue weighted by Gasteiger charge is -2.07. The third-order valence-corrected chi connectivity index (χ3v) is 2.45. The molecule has 0 heterocycles. The summed E-state index contributed by atoms with van der Waals surface area (Å²) >= 11 is 0. The van der Waals surface area contributed by atoms with Gasteiger partial charge in [-0.25, -0.2) is 4.39 Å². The number of nitrogen functional groups attached to an aromatic ring is 1. The molecule has 2 rings (SSSR count). The van der Waals surface area contributed by atoms with Gasteiger partial charge in [-0.2, -0.15) is 0 Å². The number of hydrogen-bond donors (Lipinski definition) is 1. The highest BCUT2D eigenvalue weighted by atomic mass is 19.1. The fraction of sp³-hybridized carbons (Fsp3) is 0.143. The van der Waals surface area contributed by atoms with Crippen LogP contribution in [0, 0.1) is 5.82 Å². The summed E-state index contributed by atoms with van der Waals surface area (Å²) in [5, 5.41) is 0. The maximum absolute atomic E-state index is 13.4. The maximum atomic E-state index is 13.4. The molecule has 0 aliphatic rings. The van der Waals surface area contributed by atoms with Crippen molar-refractivity contribution in [3.8, 4) is 5.75 Å². The molecule has 0 aliphatic carbocycles. The molecule has 2 N–H and O–H groups in total. The summed E-state index contributed by atoms with van der Waals surface area (Å²) in [4.78, 5) is 0. The average molecular weight is 231 g/mol. The Labute approximate surface area is 99.8 Å². The fourth-order valence-corrected chi connectivity index (χ4v) is 1.56.